The van der Waals surface area contributed by atoms with Crippen LogP contribution in [0.2, 0.25) is 0 Å². The lowest BCUT2D eigenvalue weighted by Crippen LogP contribution is -2.39. The fraction of sp³-hybridized carbons (Fsp3) is 1.00. The zero-order valence-electron chi connectivity index (χ0n) is 9.06. The largest absolute Gasteiger partial charge is 0.298 e. The van der Waals surface area contributed by atoms with E-state index in [0.717, 1.165) is 5.92 Å². The second kappa shape index (κ2) is 3.78. The van der Waals surface area contributed by atoms with Gasteiger partial charge in [-0.05, 0) is 46.1 Å². The molecule has 0 aliphatic carbocycles. The van der Waals surface area contributed by atoms with E-state index >= 15 is 0 Å². The van der Waals surface area contributed by atoms with Crippen molar-refractivity contribution in [1.82, 2.24) is 4.90 Å². The SMILES string of the molecule is CCCC1CCN(C(C)(C)C)C1. The van der Waals surface area contributed by atoms with Gasteiger partial charge in [-0.3, -0.25) is 4.90 Å². The second-order valence-electron chi connectivity index (χ2n) is 5.06. The Bertz CT molecular complexity index is 134. The molecule has 1 heterocycles. The van der Waals surface area contributed by atoms with E-state index in [9.17, 15) is 0 Å². The van der Waals surface area contributed by atoms with Crippen molar-refractivity contribution < 1.29 is 0 Å². The summed E-state index contributed by atoms with van der Waals surface area (Å²) in [5, 5.41) is 0. The molecule has 1 heteroatoms. The number of hydrogen-bond acceptors (Lipinski definition) is 1. The van der Waals surface area contributed by atoms with E-state index in [4.69, 9.17) is 0 Å². The molecule has 1 rings (SSSR count). The minimum absolute atomic E-state index is 0.391. The molecule has 0 aromatic heterocycles. The van der Waals surface area contributed by atoms with Crippen LogP contribution in [0.25, 0.3) is 0 Å². The average Bonchev–Trinajstić information content (AvgIpc) is 2.35. The van der Waals surface area contributed by atoms with Crippen molar-refractivity contribution in [2.45, 2.75) is 52.5 Å². The van der Waals surface area contributed by atoms with Crippen LogP contribution in [0.15, 0.2) is 0 Å². The van der Waals surface area contributed by atoms with Crippen molar-refractivity contribution in [3.05, 3.63) is 0 Å². The molecule has 12 heavy (non-hydrogen) atoms. The summed E-state index contributed by atoms with van der Waals surface area (Å²) in [5.41, 5.74) is 0.391. The first-order chi connectivity index (χ1) is 5.54. The molecule has 0 saturated carbocycles. The highest BCUT2D eigenvalue weighted by molar-refractivity contribution is 4.84. The molecule has 0 amide bonds. The molecule has 1 aliphatic rings. The van der Waals surface area contributed by atoms with E-state index in [1.54, 1.807) is 0 Å². The summed E-state index contributed by atoms with van der Waals surface area (Å²) in [4.78, 5) is 2.62. The van der Waals surface area contributed by atoms with Crippen LogP contribution in [0, 0.1) is 5.92 Å². The fourth-order valence-electron chi connectivity index (χ4n) is 2.09. The Morgan fingerprint density at radius 3 is 2.42 bits per heavy atom. The summed E-state index contributed by atoms with van der Waals surface area (Å²) >= 11 is 0. The van der Waals surface area contributed by atoms with Crippen LogP contribution in [0.3, 0.4) is 0 Å². The summed E-state index contributed by atoms with van der Waals surface area (Å²) in [6, 6.07) is 0. The summed E-state index contributed by atoms with van der Waals surface area (Å²) in [6.07, 6.45) is 4.19. The van der Waals surface area contributed by atoms with Gasteiger partial charge in [0, 0.05) is 12.1 Å². The maximum Gasteiger partial charge on any atom is 0.0125 e. The van der Waals surface area contributed by atoms with Crippen LogP contribution in [0.5, 0.6) is 0 Å². The molecule has 72 valence electrons. The monoisotopic (exact) mass is 169 g/mol. The number of nitrogens with zero attached hydrogens (tertiary/aromatic N) is 1. The van der Waals surface area contributed by atoms with Crippen molar-refractivity contribution in [2.24, 2.45) is 5.92 Å². The molecule has 1 saturated heterocycles. The van der Waals surface area contributed by atoms with Gasteiger partial charge in [-0.2, -0.15) is 0 Å². The van der Waals surface area contributed by atoms with E-state index in [1.165, 1.54) is 32.4 Å². The second-order valence-corrected chi connectivity index (χ2v) is 5.06. The minimum Gasteiger partial charge on any atom is -0.298 e. The lowest BCUT2D eigenvalue weighted by molar-refractivity contribution is 0.167. The number of likely N-dealkylation sites (tertiary alicyclic amines) is 1. The normalized spacial score (nSPS) is 26.5. The zero-order valence-corrected chi connectivity index (χ0v) is 9.06. The predicted octanol–water partition coefficient (Wildman–Crippen LogP) is 2.91. The van der Waals surface area contributed by atoms with E-state index < -0.39 is 0 Å². The molecule has 0 bridgehead atoms. The molecular formula is C11H23N. The van der Waals surface area contributed by atoms with Crippen LogP contribution < -0.4 is 0 Å². The van der Waals surface area contributed by atoms with Gasteiger partial charge in [-0.15, -0.1) is 0 Å². The molecular weight excluding hydrogens is 146 g/mol. The summed E-state index contributed by atoms with van der Waals surface area (Å²) in [6.45, 7) is 11.9. The third-order valence-electron chi connectivity index (χ3n) is 2.93. The first-order valence-electron chi connectivity index (χ1n) is 5.29. The van der Waals surface area contributed by atoms with Crippen molar-refractivity contribution in [3.63, 3.8) is 0 Å². The van der Waals surface area contributed by atoms with Gasteiger partial charge in [0.15, 0.2) is 0 Å². The highest BCUT2D eigenvalue weighted by atomic mass is 15.2. The van der Waals surface area contributed by atoms with Gasteiger partial charge in [-0.1, -0.05) is 13.3 Å². The van der Waals surface area contributed by atoms with Gasteiger partial charge in [0.05, 0.1) is 0 Å². The first kappa shape index (κ1) is 10.0. The summed E-state index contributed by atoms with van der Waals surface area (Å²) in [7, 11) is 0. The van der Waals surface area contributed by atoms with Crippen LogP contribution >= 0.6 is 0 Å². The van der Waals surface area contributed by atoms with Gasteiger partial charge < -0.3 is 0 Å². The molecule has 1 aliphatic heterocycles. The van der Waals surface area contributed by atoms with Gasteiger partial charge >= 0.3 is 0 Å². The Morgan fingerprint density at radius 2 is 2.00 bits per heavy atom. The van der Waals surface area contributed by atoms with Gasteiger partial charge in [0.1, 0.15) is 0 Å². The third kappa shape index (κ3) is 2.48. The van der Waals surface area contributed by atoms with Crippen molar-refractivity contribution in [3.8, 4) is 0 Å². The highest BCUT2D eigenvalue weighted by Gasteiger charge is 2.29. The van der Waals surface area contributed by atoms with Crippen molar-refractivity contribution in [2.75, 3.05) is 13.1 Å². The number of rotatable bonds is 2. The standard InChI is InChI=1S/C11H23N/c1-5-6-10-7-8-12(9-10)11(2,3)4/h10H,5-9H2,1-4H3. The molecule has 1 nitrogen and oxygen atoms in total. The third-order valence-corrected chi connectivity index (χ3v) is 2.93. The van der Waals surface area contributed by atoms with E-state index in [-0.39, 0.29) is 0 Å². The van der Waals surface area contributed by atoms with E-state index in [0.29, 0.717) is 5.54 Å². The van der Waals surface area contributed by atoms with Gasteiger partial charge in [-0.25, -0.2) is 0 Å². The quantitative estimate of drug-likeness (QED) is 0.614. The Labute approximate surface area is 77.1 Å². The maximum atomic E-state index is 2.62. The van der Waals surface area contributed by atoms with Crippen LogP contribution in [0.1, 0.15) is 47.0 Å². The molecule has 1 unspecified atom stereocenters. The van der Waals surface area contributed by atoms with Crippen LogP contribution in [-0.4, -0.2) is 23.5 Å². The number of hydrogen-bond donors (Lipinski definition) is 0. The summed E-state index contributed by atoms with van der Waals surface area (Å²) in [5.74, 6) is 0.981. The first-order valence-corrected chi connectivity index (χ1v) is 5.29. The van der Waals surface area contributed by atoms with E-state index in [1.807, 2.05) is 0 Å². The molecule has 0 aromatic rings. The Morgan fingerprint density at radius 1 is 1.33 bits per heavy atom. The van der Waals surface area contributed by atoms with Crippen molar-refractivity contribution in [1.29, 1.82) is 0 Å². The zero-order chi connectivity index (χ0) is 9.19. The lowest BCUT2D eigenvalue weighted by atomic mass is 10.0. The van der Waals surface area contributed by atoms with Gasteiger partial charge in [0.2, 0.25) is 0 Å². The lowest BCUT2D eigenvalue weighted by Gasteiger charge is -2.31. The van der Waals surface area contributed by atoms with Crippen molar-refractivity contribution >= 4 is 0 Å². The fourth-order valence-corrected chi connectivity index (χ4v) is 2.09. The molecule has 0 radical (unpaired) electrons. The highest BCUT2D eigenvalue weighted by Crippen LogP contribution is 2.26. The van der Waals surface area contributed by atoms with Crippen LogP contribution in [0.4, 0.5) is 0 Å². The summed E-state index contributed by atoms with van der Waals surface area (Å²) < 4.78 is 0. The van der Waals surface area contributed by atoms with E-state index in [2.05, 4.69) is 32.6 Å². The smallest absolute Gasteiger partial charge is 0.0125 e. The Kier molecular flexibility index (Phi) is 3.16. The topological polar surface area (TPSA) is 3.24 Å². The maximum absolute atomic E-state index is 2.62. The molecule has 0 spiro atoms. The van der Waals surface area contributed by atoms with Crippen LogP contribution in [-0.2, 0) is 0 Å². The average molecular weight is 169 g/mol. The minimum atomic E-state index is 0.391. The predicted molar refractivity (Wildman–Crippen MR) is 54.3 cm³/mol. The molecule has 0 aromatic carbocycles. The molecule has 0 N–H and O–H groups in total. The molecule has 1 fully saturated rings. The molecule has 1 atom stereocenters. The Hall–Kier alpha value is -0.0400. The Balaban J connectivity index is 2.35. The van der Waals surface area contributed by atoms with Gasteiger partial charge in [0.25, 0.3) is 0 Å².